The largest absolute Gasteiger partial charge is 0.508 e. The number of phenolic OH excluding ortho intramolecular Hbond substituents is 1. The van der Waals surface area contributed by atoms with Gasteiger partial charge in [-0.3, -0.25) is 4.79 Å². The predicted molar refractivity (Wildman–Crippen MR) is 80.9 cm³/mol. The maximum Gasteiger partial charge on any atom is 0.253 e. The summed E-state index contributed by atoms with van der Waals surface area (Å²) in [7, 11) is 0. The van der Waals surface area contributed by atoms with E-state index < -0.39 is 0 Å². The quantitative estimate of drug-likeness (QED) is 0.850. The number of carbonyl (C=O) groups is 1. The van der Waals surface area contributed by atoms with Crippen LogP contribution >= 0.6 is 0 Å². The Hall–Kier alpha value is -1.51. The lowest BCUT2D eigenvalue weighted by Gasteiger charge is -2.38. The Morgan fingerprint density at radius 3 is 2.35 bits per heavy atom. The molecule has 3 heteroatoms. The van der Waals surface area contributed by atoms with E-state index in [4.69, 9.17) is 0 Å². The van der Waals surface area contributed by atoms with E-state index in [9.17, 15) is 9.90 Å². The molecule has 1 amide bonds. The van der Waals surface area contributed by atoms with Gasteiger partial charge in [-0.25, -0.2) is 0 Å². The SMILES string of the molecule is Cc1cc(C(=O)N2CCC(C(C)(C)C)CC2)ccc1O. The Balaban J connectivity index is 2.03. The van der Waals surface area contributed by atoms with Crippen LogP contribution in [0.15, 0.2) is 18.2 Å². The molecule has 20 heavy (non-hydrogen) atoms. The van der Waals surface area contributed by atoms with Crippen LogP contribution in [-0.4, -0.2) is 29.0 Å². The van der Waals surface area contributed by atoms with Crippen molar-refractivity contribution in [2.24, 2.45) is 11.3 Å². The van der Waals surface area contributed by atoms with Gasteiger partial charge in [0.05, 0.1) is 0 Å². The predicted octanol–water partition coefficient (Wildman–Crippen LogP) is 3.60. The zero-order valence-electron chi connectivity index (χ0n) is 12.9. The second-order valence-electron chi connectivity index (χ2n) is 6.93. The minimum atomic E-state index is 0.0838. The van der Waals surface area contributed by atoms with Crippen molar-refractivity contribution in [3.63, 3.8) is 0 Å². The van der Waals surface area contributed by atoms with Crippen LogP contribution in [0.1, 0.15) is 49.5 Å². The third-order valence-corrected chi connectivity index (χ3v) is 4.45. The van der Waals surface area contributed by atoms with Crippen LogP contribution in [0.4, 0.5) is 0 Å². The monoisotopic (exact) mass is 275 g/mol. The van der Waals surface area contributed by atoms with Gasteiger partial charge in [-0.1, -0.05) is 20.8 Å². The molecule has 110 valence electrons. The van der Waals surface area contributed by atoms with Gasteiger partial charge >= 0.3 is 0 Å². The van der Waals surface area contributed by atoms with Gasteiger partial charge < -0.3 is 10.0 Å². The number of hydrogen-bond acceptors (Lipinski definition) is 2. The molecule has 0 spiro atoms. The minimum Gasteiger partial charge on any atom is -0.508 e. The van der Waals surface area contributed by atoms with Crippen LogP contribution in [0.5, 0.6) is 5.75 Å². The van der Waals surface area contributed by atoms with Crippen LogP contribution in [0.2, 0.25) is 0 Å². The summed E-state index contributed by atoms with van der Waals surface area (Å²) < 4.78 is 0. The van der Waals surface area contributed by atoms with Crippen molar-refractivity contribution in [2.45, 2.75) is 40.5 Å². The number of phenols is 1. The second kappa shape index (κ2) is 5.47. The molecular weight excluding hydrogens is 250 g/mol. The molecule has 0 saturated carbocycles. The third kappa shape index (κ3) is 3.14. The molecular formula is C17H25NO2. The fraction of sp³-hybridized carbons (Fsp3) is 0.588. The van der Waals surface area contributed by atoms with Crippen LogP contribution in [0.25, 0.3) is 0 Å². The lowest BCUT2D eigenvalue weighted by atomic mass is 9.75. The van der Waals surface area contributed by atoms with E-state index in [1.54, 1.807) is 18.2 Å². The zero-order valence-corrected chi connectivity index (χ0v) is 12.9. The molecule has 1 saturated heterocycles. The molecule has 1 fully saturated rings. The molecule has 2 rings (SSSR count). The van der Waals surface area contributed by atoms with E-state index in [0.717, 1.165) is 31.5 Å². The first kappa shape index (κ1) is 14.9. The van der Waals surface area contributed by atoms with Gasteiger partial charge in [0.15, 0.2) is 0 Å². The number of aromatic hydroxyl groups is 1. The number of nitrogens with zero attached hydrogens (tertiary/aromatic N) is 1. The van der Waals surface area contributed by atoms with Gasteiger partial charge in [-0.2, -0.15) is 0 Å². The molecule has 3 nitrogen and oxygen atoms in total. The van der Waals surface area contributed by atoms with Crippen molar-refractivity contribution in [3.8, 4) is 5.75 Å². The van der Waals surface area contributed by atoms with E-state index in [1.165, 1.54) is 0 Å². The van der Waals surface area contributed by atoms with Gasteiger partial charge in [0.1, 0.15) is 5.75 Å². The average Bonchev–Trinajstić information content (AvgIpc) is 2.40. The highest BCUT2D eigenvalue weighted by Crippen LogP contribution is 2.34. The Labute approximate surface area is 121 Å². The first-order valence-corrected chi connectivity index (χ1v) is 7.38. The van der Waals surface area contributed by atoms with Crippen molar-refractivity contribution in [1.29, 1.82) is 0 Å². The lowest BCUT2D eigenvalue weighted by Crippen LogP contribution is -2.41. The Bertz CT molecular complexity index is 494. The highest BCUT2D eigenvalue weighted by molar-refractivity contribution is 5.94. The molecule has 1 N–H and O–H groups in total. The highest BCUT2D eigenvalue weighted by Gasteiger charge is 2.30. The van der Waals surface area contributed by atoms with Crippen molar-refractivity contribution >= 4 is 5.91 Å². The van der Waals surface area contributed by atoms with Gasteiger partial charge in [0.2, 0.25) is 0 Å². The molecule has 0 aliphatic carbocycles. The number of rotatable bonds is 1. The first-order valence-electron chi connectivity index (χ1n) is 7.38. The average molecular weight is 275 g/mol. The van der Waals surface area contributed by atoms with E-state index in [1.807, 2.05) is 11.8 Å². The summed E-state index contributed by atoms with van der Waals surface area (Å²) in [5.41, 5.74) is 1.75. The zero-order chi connectivity index (χ0) is 14.9. The Morgan fingerprint density at radius 2 is 1.85 bits per heavy atom. The summed E-state index contributed by atoms with van der Waals surface area (Å²) in [5, 5.41) is 9.54. The summed E-state index contributed by atoms with van der Waals surface area (Å²) in [5.74, 6) is 1.02. The van der Waals surface area contributed by atoms with Gasteiger partial charge in [-0.05, 0) is 54.9 Å². The second-order valence-corrected chi connectivity index (χ2v) is 6.93. The number of amides is 1. The van der Waals surface area contributed by atoms with Crippen molar-refractivity contribution in [3.05, 3.63) is 29.3 Å². The van der Waals surface area contributed by atoms with E-state index in [0.29, 0.717) is 16.9 Å². The number of carbonyl (C=O) groups excluding carboxylic acids is 1. The fourth-order valence-electron chi connectivity index (χ4n) is 2.92. The maximum absolute atomic E-state index is 12.5. The van der Waals surface area contributed by atoms with E-state index in [-0.39, 0.29) is 11.7 Å². The topological polar surface area (TPSA) is 40.5 Å². The van der Waals surface area contributed by atoms with Crippen LogP contribution in [0, 0.1) is 18.3 Å². The van der Waals surface area contributed by atoms with Crippen LogP contribution in [-0.2, 0) is 0 Å². The fourth-order valence-corrected chi connectivity index (χ4v) is 2.92. The summed E-state index contributed by atoms with van der Waals surface area (Å²) in [6.07, 6.45) is 2.15. The normalized spacial score (nSPS) is 17.3. The number of piperidine rings is 1. The molecule has 1 aromatic carbocycles. The van der Waals surface area contributed by atoms with Crippen molar-refractivity contribution in [1.82, 2.24) is 4.90 Å². The molecule has 1 aliphatic rings. The molecule has 0 aromatic heterocycles. The molecule has 0 unspecified atom stereocenters. The third-order valence-electron chi connectivity index (χ3n) is 4.45. The first-order chi connectivity index (χ1) is 9.29. The summed E-state index contributed by atoms with van der Waals surface area (Å²) in [4.78, 5) is 14.4. The smallest absolute Gasteiger partial charge is 0.253 e. The number of aryl methyl sites for hydroxylation is 1. The van der Waals surface area contributed by atoms with Crippen molar-refractivity contribution < 1.29 is 9.90 Å². The summed E-state index contributed by atoms with van der Waals surface area (Å²) >= 11 is 0. The van der Waals surface area contributed by atoms with Crippen molar-refractivity contribution in [2.75, 3.05) is 13.1 Å². The molecule has 0 radical (unpaired) electrons. The Kier molecular flexibility index (Phi) is 4.07. The molecule has 1 aromatic rings. The van der Waals surface area contributed by atoms with Gasteiger partial charge in [0, 0.05) is 18.7 Å². The van der Waals surface area contributed by atoms with E-state index in [2.05, 4.69) is 20.8 Å². The molecule has 0 atom stereocenters. The van der Waals surface area contributed by atoms with Crippen LogP contribution in [0.3, 0.4) is 0 Å². The Morgan fingerprint density at radius 1 is 1.25 bits per heavy atom. The van der Waals surface area contributed by atoms with Gasteiger partial charge in [0.25, 0.3) is 5.91 Å². The summed E-state index contributed by atoms with van der Waals surface area (Å²) in [6, 6.07) is 5.08. The highest BCUT2D eigenvalue weighted by atomic mass is 16.3. The lowest BCUT2D eigenvalue weighted by molar-refractivity contribution is 0.0608. The van der Waals surface area contributed by atoms with Gasteiger partial charge in [-0.15, -0.1) is 0 Å². The molecule has 1 aliphatic heterocycles. The number of likely N-dealkylation sites (tertiary alicyclic amines) is 1. The van der Waals surface area contributed by atoms with E-state index >= 15 is 0 Å². The standard InChI is InChI=1S/C17H25NO2/c1-12-11-13(5-6-15(12)19)16(20)18-9-7-14(8-10-18)17(2,3)4/h5-6,11,14,19H,7-10H2,1-4H3. The molecule has 0 bridgehead atoms. The molecule has 1 heterocycles. The van der Waals surface area contributed by atoms with Crippen LogP contribution < -0.4 is 0 Å². The summed E-state index contributed by atoms with van der Waals surface area (Å²) in [6.45, 7) is 10.3. The number of hydrogen-bond donors (Lipinski definition) is 1. The number of benzene rings is 1. The maximum atomic E-state index is 12.5. The minimum absolute atomic E-state index is 0.0838.